The van der Waals surface area contributed by atoms with Crippen LogP contribution < -0.4 is 19.7 Å². The van der Waals surface area contributed by atoms with Gasteiger partial charge in [0, 0.05) is 31.9 Å². The highest BCUT2D eigenvalue weighted by Gasteiger charge is 2.21. The Labute approximate surface area is 158 Å². The number of urea groups is 1. The lowest BCUT2D eigenvalue weighted by atomic mass is 10.2. The summed E-state index contributed by atoms with van der Waals surface area (Å²) in [6.07, 6.45) is 0. The smallest absolute Gasteiger partial charge is 0.317 e. The van der Waals surface area contributed by atoms with Gasteiger partial charge < -0.3 is 24.6 Å². The van der Waals surface area contributed by atoms with E-state index in [9.17, 15) is 9.18 Å². The summed E-state index contributed by atoms with van der Waals surface area (Å²) in [6, 6.07) is 13.7. The fourth-order valence-corrected chi connectivity index (χ4v) is 2.93. The third kappa shape index (κ3) is 5.26. The number of hydrogen-bond acceptors (Lipinski definition) is 4. The number of ether oxygens (including phenoxy) is 2. The lowest BCUT2D eigenvalue weighted by Crippen LogP contribution is -2.52. The van der Waals surface area contributed by atoms with Crippen LogP contribution in [0.1, 0.15) is 0 Å². The second-order valence-corrected chi connectivity index (χ2v) is 6.21. The number of carbonyl (C=O) groups excluding carboxylic acids is 1. The van der Waals surface area contributed by atoms with E-state index in [1.165, 1.54) is 12.1 Å². The highest BCUT2D eigenvalue weighted by molar-refractivity contribution is 5.74. The Morgan fingerprint density at radius 2 is 1.63 bits per heavy atom. The maximum absolute atomic E-state index is 12.8. The molecule has 2 aromatic rings. The van der Waals surface area contributed by atoms with E-state index in [-0.39, 0.29) is 11.8 Å². The molecule has 144 valence electrons. The molecule has 0 radical (unpaired) electrons. The van der Waals surface area contributed by atoms with E-state index < -0.39 is 0 Å². The summed E-state index contributed by atoms with van der Waals surface area (Å²) in [6.45, 7) is 3.63. The number of piperazine rings is 1. The van der Waals surface area contributed by atoms with Gasteiger partial charge in [-0.15, -0.1) is 0 Å². The lowest BCUT2D eigenvalue weighted by Gasteiger charge is -2.36. The molecule has 2 aromatic carbocycles. The van der Waals surface area contributed by atoms with Gasteiger partial charge >= 0.3 is 6.03 Å². The van der Waals surface area contributed by atoms with E-state index in [1.54, 1.807) is 24.1 Å². The van der Waals surface area contributed by atoms with Gasteiger partial charge in [-0.2, -0.15) is 0 Å². The number of hydrogen-bond donors (Lipinski definition) is 1. The first kappa shape index (κ1) is 18.8. The van der Waals surface area contributed by atoms with E-state index in [0.717, 1.165) is 24.5 Å². The second-order valence-electron chi connectivity index (χ2n) is 6.21. The molecule has 0 spiro atoms. The number of benzene rings is 2. The van der Waals surface area contributed by atoms with Crippen LogP contribution in [0.5, 0.6) is 11.5 Å². The Hall–Kier alpha value is -2.96. The zero-order chi connectivity index (χ0) is 19.1. The van der Waals surface area contributed by atoms with Crippen LogP contribution in [-0.2, 0) is 0 Å². The third-order valence-corrected chi connectivity index (χ3v) is 4.47. The molecule has 0 bridgehead atoms. The molecule has 6 nitrogen and oxygen atoms in total. The number of carbonyl (C=O) groups is 1. The molecule has 1 aliphatic heterocycles. The van der Waals surface area contributed by atoms with Gasteiger partial charge in [-0.1, -0.05) is 0 Å². The maximum atomic E-state index is 12.8. The first-order chi connectivity index (χ1) is 13.2. The Morgan fingerprint density at radius 3 is 2.26 bits per heavy atom. The largest absolute Gasteiger partial charge is 0.497 e. The van der Waals surface area contributed by atoms with Crippen molar-refractivity contribution < 1.29 is 18.7 Å². The van der Waals surface area contributed by atoms with Crippen LogP contribution in [0.4, 0.5) is 14.9 Å². The minimum Gasteiger partial charge on any atom is -0.497 e. The highest BCUT2D eigenvalue weighted by atomic mass is 19.1. The van der Waals surface area contributed by atoms with Crippen LogP contribution in [0.25, 0.3) is 0 Å². The molecule has 0 atom stereocenters. The van der Waals surface area contributed by atoms with Crippen molar-refractivity contribution in [2.75, 3.05) is 51.3 Å². The second kappa shape index (κ2) is 9.12. The molecule has 1 fully saturated rings. The summed E-state index contributed by atoms with van der Waals surface area (Å²) in [5, 5.41) is 2.86. The summed E-state index contributed by atoms with van der Waals surface area (Å²) in [5.74, 6) is 1.11. The minimum atomic E-state index is -0.301. The van der Waals surface area contributed by atoms with Crippen molar-refractivity contribution in [3.8, 4) is 11.5 Å². The van der Waals surface area contributed by atoms with Gasteiger partial charge in [0.25, 0.3) is 0 Å². The number of nitrogens with zero attached hydrogens (tertiary/aromatic N) is 2. The molecule has 1 saturated heterocycles. The van der Waals surface area contributed by atoms with Gasteiger partial charge in [-0.05, 0) is 48.5 Å². The van der Waals surface area contributed by atoms with E-state index in [0.29, 0.717) is 32.0 Å². The first-order valence-electron chi connectivity index (χ1n) is 8.96. The van der Waals surface area contributed by atoms with Crippen molar-refractivity contribution in [1.29, 1.82) is 0 Å². The predicted octanol–water partition coefficient (Wildman–Crippen LogP) is 2.74. The lowest BCUT2D eigenvalue weighted by molar-refractivity contribution is 0.191. The molecular weight excluding hydrogens is 349 g/mol. The summed E-state index contributed by atoms with van der Waals surface area (Å²) >= 11 is 0. The van der Waals surface area contributed by atoms with Crippen LogP contribution >= 0.6 is 0 Å². The summed E-state index contributed by atoms with van der Waals surface area (Å²) in [7, 11) is 1.65. The average molecular weight is 373 g/mol. The van der Waals surface area contributed by atoms with Crippen LogP contribution in [0, 0.1) is 5.82 Å². The third-order valence-electron chi connectivity index (χ3n) is 4.47. The van der Waals surface area contributed by atoms with Crippen LogP contribution in [0.3, 0.4) is 0 Å². The van der Waals surface area contributed by atoms with Gasteiger partial charge in [0.15, 0.2) is 0 Å². The summed E-state index contributed by atoms with van der Waals surface area (Å²) in [5.41, 5.74) is 1.13. The minimum absolute atomic E-state index is 0.0907. The quantitative estimate of drug-likeness (QED) is 0.791. The topological polar surface area (TPSA) is 54.0 Å². The number of rotatable bonds is 6. The fraction of sp³-hybridized carbons (Fsp3) is 0.350. The molecule has 0 saturated carbocycles. The number of halogens is 1. The Bertz CT molecular complexity index is 729. The fourth-order valence-electron chi connectivity index (χ4n) is 2.93. The number of anilines is 1. The molecule has 1 N–H and O–H groups in total. The summed E-state index contributed by atoms with van der Waals surface area (Å²) in [4.78, 5) is 16.3. The first-order valence-corrected chi connectivity index (χ1v) is 8.96. The average Bonchev–Trinajstić information content (AvgIpc) is 2.72. The molecule has 27 heavy (non-hydrogen) atoms. The van der Waals surface area contributed by atoms with E-state index in [1.807, 2.05) is 24.3 Å². The van der Waals surface area contributed by atoms with Crippen molar-refractivity contribution >= 4 is 11.7 Å². The molecule has 3 rings (SSSR count). The van der Waals surface area contributed by atoms with Crippen LogP contribution in [0.15, 0.2) is 48.5 Å². The van der Waals surface area contributed by atoms with Crippen molar-refractivity contribution in [1.82, 2.24) is 10.2 Å². The predicted molar refractivity (Wildman–Crippen MR) is 102 cm³/mol. The van der Waals surface area contributed by atoms with Gasteiger partial charge in [-0.3, -0.25) is 0 Å². The Kier molecular flexibility index (Phi) is 6.35. The molecule has 2 amide bonds. The zero-order valence-corrected chi connectivity index (χ0v) is 15.4. The van der Waals surface area contributed by atoms with E-state index in [4.69, 9.17) is 9.47 Å². The SMILES string of the molecule is COc1ccc(N2CCN(C(=O)NCCOc3ccc(F)cc3)CC2)cc1. The van der Waals surface area contributed by atoms with Gasteiger partial charge in [0.05, 0.1) is 13.7 Å². The van der Waals surface area contributed by atoms with Crippen molar-refractivity contribution in [2.45, 2.75) is 0 Å². The van der Waals surface area contributed by atoms with E-state index >= 15 is 0 Å². The summed E-state index contributed by atoms with van der Waals surface area (Å²) < 4.78 is 23.5. The standard InChI is InChI=1S/C20H24FN3O3/c1-26-18-8-4-17(5-9-18)23-11-13-24(14-12-23)20(25)22-10-15-27-19-6-2-16(21)3-7-19/h2-9H,10-15H2,1H3,(H,22,25). The monoisotopic (exact) mass is 373 g/mol. The molecule has 7 heteroatoms. The molecule has 1 aliphatic rings. The highest BCUT2D eigenvalue weighted by Crippen LogP contribution is 2.20. The van der Waals surface area contributed by atoms with Gasteiger partial charge in [0.1, 0.15) is 23.9 Å². The Balaban J connectivity index is 1.37. The van der Waals surface area contributed by atoms with Crippen molar-refractivity contribution in [3.63, 3.8) is 0 Å². The van der Waals surface area contributed by atoms with Crippen LogP contribution in [-0.4, -0.2) is 57.4 Å². The molecule has 1 heterocycles. The van der Waals surface area contributed by atoms with E-state index in [2.05, 4.69) is 10.2 Å². The normalized spacial score (nSPS) is 14.0. The van der Waals surface area contributed by atoms with Gasteiger partial charge in [-0.25, -0.2) is 9.18 Å². The zero-order valence-electron chi connectivity index (χ0n) is 15.4. The number of methoxy groups -OCH3 is 1. The molecule has 0 aliphatic carbocycles. The van der Waals surface area contributed by atoms with Crippen molar-refractivity contribution in [2.24, 2.45) is 0 Å². The molecule has 0 aromatic heterocycles. The van der Waals surface area contributed by atoms with Crippen LogP contribution in [0.2, 0.25) is 0 Å². The Morgan fingerprint density at radius 1 is 1.00 bits per heavy atom. The number of nitrogens with one attached hydrogen (secondary N) is 1. The van der Waals surface area contributed by atoms with Gasteiger partial charge in [0.2, 0.25) is 0 Å². The van der Waals surface area contributed by atoms with Crippen molar-refractivity contribution in [3.05, 3.63) is 54.3 Å². The molecule has 0 unspecified atom stereocenters. The number of amides is 2. The maximum Gasteiger partial charge on any atom is 0.317 e. The molecular formula is C20H24FN3O3.